The van der Waals surface area contributed by atoms with Crippen LogP contribution >= 0.6 is 0 Å². The highest BCUT2D eigenvalue weighted by Gasteiger charge is 2.30. The van der Waals surface area contributed by atoms with Crippen LogP contribution in [0.25, 0.3) is 0 Å². The van der Waals surface area contributed by atoms with Crippen molar-refractivity contribution in [1.29, 1.82) is 0 Å². The minimum Gasteiger partial charge on any atom is -0.347 e. The van der Waals surface area contributed by atoms with E-state index in [1.807, 2.05) is 12.1 Å². The van der Waals surface area contributed by atoms with Crippen LogP contribution in [0.3, 0.4) is 0 Å². The summed E-state index contributed by atoms with van der Waals surface area (Å²) in [5.74, 6) is 1.89. The quantitative estimate of drug-likeness (QED) is 0.889. The van der Waals surface area contributed by atoms with Crippen LogP contribution in [-0.2, 0) is 24.3 Å². The third-order valence-electron chi connectivity index (χ3n) is 4.86. The standard InChI is InChI=1S/C17H22N6O/c24-17(19-12-15-21-20-14-6-4-10-23(14)15)16(22-8-1-2-9-22)13-5-3-7-18-11-13/h3,5,7,11,16H,1-2,4,6,8-10,12H2,(H,19,24). The van der Waals surface area contributed by atoms with Crippen molar-refractivity contribution in [3.05, 3.63) is 41.7 Å². The second-order valence-electron chi connectivity index (χ2n) is 6.44. The molecular weight excluding hydrogens is 304 g/mol. The summed E-state index contributed by atoms with van der Waals surface area (Å²) in [6.45, 7) is 3.28. The lowest BCUT2D eigenvalue weighted by molar-refractivity contribution is -0.126. The molecule has 0 radical (unpaired) electrons. The molecule has 1 unspecified atom stereocenters. The Hall–Kier alpha value is -2.28. The molecule has 1 amide bonds. The molecule has 7 heteroatoms. The van der Waals surface area contributed by atoms with Gasteiger partial charge in [-0.1, -0.05) is 6.07 Å². The van der Waals surface area contributed by atoms with E-state index in [2.05, 4.69) is 30.0 Å². The number of aryl methyl sites for hydroxylation is 1. The maximum absolute atomic E-state index is 12.9. The summed E-state index contributed by atoms with van der Waals surface area (Å²) < 4.78 is 2.12. The molecule has 4 heterocycles. The monoisotopic (exact) mass is 326 g/mol. The molecule has 0 spiro atoms. The van der Waals surface area contributed by atoms with Crippen molar-refractivity contribution in [3.63, 3.8) is 0 Å². The summed E-state index contributed by atoms with van der Waals surface area (Å²) >= 11 is 0. The first-order valence-corrected chi connectivity index (χ1v) is 8.65. The molecule has 126 valence electrons. The highest BCUT2D eigenvalue weighted by molar-refractivity contribution is 5.83. The van der Waals surface area contributed by atoms with E-state index >= 15 is 0 Å². The van der Waals surface area contributed by atoms with E-state index < -0.39 is 0 Å². The molecule has 4 rings (SSSR count). The molecule has 1 atom stereocenters. The fraction of sp³-hybridized carbons (Fsp3) is 0.529. The Morgan fingerprint density at radius 1 is 1.21 bits per heavy atom. The molecule has 7 nitrogen and oxygen atoms in total. The van der Waals surface area contributed by atoms with Crippen molar-refractivity contribution in [3.8, 4) is 0 Å². The van der Waals surface area contributed by atoms with Gasteiger partial charge < -0.3 is 9.88 Å². The van der Waals surface area contributed by atoms with Crippen LogP contribution in [0.2, 0.25) is 0 Å². The average molecular weight is 326 g/mol. The summed E-state index contributed by atoms with van der Waals surface area (Å²) in [4.78, 5) is 19.3. The smallest absolute Gasteiger partial charge is 0.242 e. The fourth-order valence-electron chi connectivity index (χ4n) is 3.67. The number of fused-ring (bicyclic) bond motifs is 1. The van der Waals surface area contributed by atoms with Crippen molar-refractivity contribution in [1.82, 2.24) is 30.0 Å². The molecule has 0 saturated carbocycles. The van der Waals surface area contributed by atoms with E-state index in [1.54, 1.807) is 12.4 Å². The summed E-state index contributed by atoms with van der Waals surface area (Å²) in [6, 6.07) is 3.59. The summed E-state index contributed by atoms with van der Waals surface area (Å²) in [7, 11) is 0. The first-order chi connectivity index (χ1) is 11.8. The largest absolute Gasteiger partial charge is 0.347 e. The fourth-order valence-corrected chi connectivity index (χ4v) is 3.67. The molecule has 0 bridgehead atoms. The van der Waals surface area contributed by atoms with Crippen molar-refractivity contribution in [2.24, 2.45) is 0 Å². The summed E-state index contributed by atoms with van der Waals surface area (Å²) in [6.07, 6.45) is 7.90. The molecule has 0 aromatic carbocycles. The molecular formula is C17H22N6O. The van der Waals surface area contributed by atoms with Gasteiger partial charge in [0.1, 0.15) is 11.9 Å². The van der Waals surface area contributed by atoms with Crippen LogP contribution in [0.4, 0.5) is 0 Å². The zero-order valence-electron chi connectivity index (χ0n) is 13.7. The number of nitrogens with one attached hydrogen (secondary N) is 1. The first kappa shape index (κ1) is 15.3. The van der Waals surface area contributed by atoms with Gasteiger partial charge in [-0.05, 0) is 44.0 Å². The molecule has 1 fully saturated rings. The molecule has 1 N–H and O–H groups in total. The normalized spacial score (nSPS) is 18.5. The molecule has 1 saturated heterocycles. The highest BCUT2D eigenvalue weighted by Crippen LogP contribution is 2.25. The number of rotatable bonds is 5. The predicted molar refractivity (Wildman–Crippen MR) is 88.0 cm³/mol. The SMILES string of the molecule is O=C(NCc1nnc2n1CCC2)C(c1cccnc1)N1CCCC1. The third-order valence-corrected chi connectivity index (χ3v) is 4.86. The Morgan fingerprint density at radius 2 is 2.08 bits per heavy atom. The molecule has 24 heavy (non-hydrogen) atoms. The van der Waals surface area contributed by atoms with Gasteiger partial charge in [-0.15, -0.1) is 10.2 Å². The number of nitrogens with zero attached hydrogens (tertiary/aromatic N) is 5. The third kappa shape index (κ3) is 2.91. The van der Waals surface area contributed by atoms with E-state index in [-0.39, 0.29) is 11.9 Å². The number of carbonyl (C=O) groups excluding carboxylic acids is 1. The van der Waals surface area contributed by atoms with E-state index in [0.717, 1.165) is 62.5 Å². The number of likely N-dealkylation sites (tertiary alicyclic amines) is 1. The van der Waals surface area contributed by atoms with Crippen LogP contribution in [0, 0.1) is 0 Å². The number of hydrogen-bond donors (Lipinski definition) is 1. The molecule has 0 aliphatic carbocycles. The molecule has 2 aromatic rings. The van der Waals surface area contributed by atoms with Gasteiger partial charge in [-0.25, -0.2) is 0 Å². The topological polar surface area (TPSA) is 75.9 Å². The average Bonchev–Trinajstić information content (AvgIpc) is 3.33. The van der Waals surface area contributed by atoms with Crippen LogP contribution in [-0.4, -0.2) is 43.6 Å². The molecule has 2 aliphatic heterocycles. The predicted octanol–water partition coefficient (Wildman–Crippen LogP) is 1.07. The van der Waals surface area contributed by atoms with Crippen molar-refractivity contribution >= 4 is 5.91 Å². The number of amides is 1. The Bertz CT molecular complexity index is 707. The van der Waals surface area contributed by atoms with Gasteiger partial charge in [-0.2, -0.15) is 0 Å². The van der Waals surface area contributed by atoms with E-state index in [9.17, 15) is 4.79 Å². The molecule has 2 aromatic heterocycles. The minimum absolute atomic E-state index is 0.0141. The maximum Gasteiger partial charge on any atom is 0.242 e. The van der Waals surface area contributed by atoms with Crippen molar-refractivity contribution < 1.29 is 4.79 Å². The Kier molecular flexibility index (Phi) is 4.25. The Balaban J connectivity index is 1.49. The van der Waals surface area contributed by atoms with Gasteiger partial charge in [0.15, 0.2) is 5.82 Å². The van der Waals surface area contributed by atoms with Gasteiger partial charge in [0, 0.05) is 25.4 Å². The number of hydrogen-bond acceptors (Lipinski definition) is 5. The van der Waals surface area contributed by atoms with E-state index in [4.69, 9.17) is 0 Å². The molecule has 2 aliphatic rings. The van der Waals surface area contributed by atoms with Crippen LogP contribution in [0.1, 0.15) is 42.5 Å². The van der Waals surface area contributed by atoms with Gasteiger partial charge in [0.05, 0.1) is 6.54 Å². The minimum atomic E-state index is -0.276. The Labute approximate surface area is 141 Å². The van der Waals surface area contributed by atoms with Gasteiger partial charge in [0.25, 0.3) is 0 Å². The zero-order valence-corrected chi connectivity index (χ0v) is 13.7. The van der Waals surface area contributed by atoms with Crippen LogP contribution in [0.15, 0.2) is 24.5 Å². The van der Waals surface area contributed by atoms with E-state index in [1.165, 1.54) is 0 Å². The number of aromatic nitrogens is 4. The maximum atomic E-state index is 12.9. The lowest BCUT2D eigenvalue weighted by Gasteiger charge is -2.26. The van der Waals surface area contributed by atoms with E-state index in [0.29, 0.717) is 6.54 Å². The Morgan fingerprint density at radius 3 is 2.88 bits per heavy atom. The van der Waals surface area contributed by atoms with Crippen molar-refractivity contribution in [2.75, 3.05) is 13.1 Å². The van der Waals surface area contributed by atoms with Crippen molar-refractivity contribution in [2.45, 2.75) is 44.8 Å². The van der Waals surface area contributed by atoms with Gasteiger partial charge >= 0.3 is 0 Å². The summed E-state index contributed by atoms with van der Waals surface area (Å²) in [5.41, 5.74) is 0.948. The number of carbonyl (C=O) groups is 1. The second-order valence-corrected chi connectivity index (χ2v) is 6.44. The summed E-state index contributed by atoms with van der Waals surface area (Å²) in [5, 5.41) is 11.5. The second kappa shape index (κ2) is 6.68. The zero-order chi connectivity index (χ0) is 16.4. The lowest BCUT2D eigenvalue weighted by Crippen LogP contribution is -2.39. The lowest BCUT2D eigenvalue weighted by atomic mass is 10.1. The first-order valence-electron chi connectivity index (χ1n) is 8.65. The van der Waals surface area contributed by atoms with Gasteiger partial charge in [0.2, 0.25) is 5.91 Å². The van der Waals surface area contributed by atoms with Crippen LogP contribution in [0.5, 0.6) is 0 Å². The van der Waals surface area contributed by atoms with Gasteiger partial charge in [-0.3, -0.25) is 14.7 Å². The number of pyridine rings is 1. The highest BCUT2D eigenvalue weighted by atomic mass is 16.2. The van der Waals surface area contributed by atoms with Crippen LogP contribution < -0.4 is 5.32 Å².